The van der Waals surface area contributed by atoms with Crippen molar-refractivity contribution in [3.63, 3.8) is 0 Å². The van der Waals surface area contributed by atoms with Gasteiger partial charge in [-0.1, -0.05) is 18.6 Å². The predicted octanol–water partition coefficient (Wildman–Crippen LogP) is -0.330. The summed E-state index contributed by atoms with van der Waals surface area (Å²) < 4.78 is 5.83. The van der Waals surface area contributed by atoms with Gasteiger partial charge in [-0.25, -0.2) is 0 Å². The Bertz CT molecular complexity index is 507. The first-order chi connectivity index (χ1) is 11.0. The van der Waals surface area contributed by atoms with E-state index in [0.717, 1.165) is 25.7 Å². The molecule has 3 fully saturated rings. The molecule has 0 radical (unpaired) electrons. The van der Waals surface area contributed by atoms with Crippen LogP contribution in [0.3, 0.4) is 0 Å². The predicted molar refractivity (Wildman–Crippen MR) is 87.7 cm³/mol. The molecule has 0 aliphatic heterocycles. The van der Waals surface area contributed by atoms with Gasteiger partial charge in [-0.2, -0.15) is 0 Å². The van der Waals surface area contributed by atoms with Gasteiger partial charge < -0.3 is 14.9 Å². The van der Waals surface area contributed by atoms with Crippen molar-refractivity contribution in [2.75, 3.05) is 13.7 Å². The van der Waals surface area contributed by atoms with Gasteiger partial charge in [0, 0.05) is 7.11 Å². The standard InChI is InChI=1S/C20H31O3.Rb/c1-19-9-8-17-15(16(19)5-6-18(19)23-2)4-3-13-11-14(22)7-10-20(13,17)12-21;/h3,14-18,22H,4-12H2,1-2H3;/q-1;+1. The van der Waals surface area contributed by atoms with E-state index in [1.165, 1.54) is 31.3 Å². The molecule has 3 nitrogen and oxygen atoms in total. The Morgan fingerprint density at radius 2 is 2.00 bits per heavy atom. The summed E-state index contributed by atoms with van der Waals surface area (Å²) in [5, 5.41) is 22.4. The van der Waals surface area contributed by atoms with Crippen LogP contribution in [0.4, 0.5) is 0 Å². The first kappa shape index (κ1) is 20.2. The zero-order valence-corrected chi connectivity index (χ0v) is 20.5. The number of ether oxygens (including phenoxy) is 1. The fourth-order valence-electron chi connectivity index (χ4n) is 7.05. The van der Waals surface area contributed by atoms with Crippen LogP contribution in [-0.2, 0) is 4.74 Å². The molecule has 0 saturated heterocycles. The molecule has 7 atom stereocenters. The SMILES string of the molecule is COC1CCC2C3CC=C4CC(O)CCC4(C[O-])C3CCC12C.[Rb+]. The number of rotatable bonds is 2. The zero-order chi connectivity index (χ0) is 16.2. The second-order valence-corrected chi connectivity index (χ2v) is 8.89. The van der Waals surface area contributed by atoms with Crippen LogP contribution in [-0.4, -0.2) is 31.0 Å². The monoisotopic (exact) mass is 404 g/mol. The van der Waals surface area contributed by atoms with Crippen molar-refractivity contribution in [2.24, 2.45) is 28.6 Å². The summed E-state index contributed by atoms with van der Waals surface area (Å²) >= 11 is 0. The molecular formula is C20H31O3Rb. The van der Waals surface area contributed by atoms with Crippen LogP contribution in [0.25, 0.3) is 0 Å². The zero-order valence-electron chi connectivity index (χ0n) is 15.6. The molecule has 0 amide bonds. The van der Waals surface area contributed by atoms with Crippen LogP contribution in [0.15, 0.2) is 11.6 Å². The fourth-order valence-corrected chi connectivity index (χ4v) is 7.05. The van der Waals surface area contributed by atoms with E-state index in [9.17, 15) is 10.2 Å². The van der Waals surface area contributed by atoms with Gasteiger partial charge in [0.05, 0.1) is 12.2 Å². The van der Waals surface area contributed by atoms with Crippen LogP contribution in [0.2, 0.25) is 0 Å². The van der Waals surface area contributed by atoms with Crippen molar-refractivity contribution in [1.29, 1.82) is 0 Å². The largest absolute Gasteiger partial charge is 1.00 e. The van der Waals surface area contributed by atoms with E-state index in [4.69, 9.17) is 4.74 Å². The van der Waals surface area contributed by atoms with Crippen molar-refractivity contribution < 1.29 is 73.1 Å². The molecule has 0 aromatic heterocycles. The Hall–Kier alpha value is 1.43. The van der Waals surface area contributed by atoms with Crippen molar-refractivity contribution in [3.05, 3.63) is 11.6 Å². The molecule has 1 N–H and O–H groups in total. The molecule has 24 heavy (non-hydrogen) atoms. The number of hydrogen-bond acceptors (Lipinski definition) is 3. The number of aliphatic hydroxyl groups is 1. The molecular weight excluding hydrogens is 374 g/mol. The molecule has 0 spiro atoms. The number of methoxy groups -OCH3 is 1. The minimum atomic E-state index is -0.226. The molecule has 7 unspecified atom stereocenters. The van der Waals surface area contributed by atoms with Gasteiger partial charge in [0.1, 0.15) is 0 Å². The minimum Gasteiger partial charge on any atom is -0.854 e. The fraction of sp³-hybridized carbons (Fsp3) is 0.900. The van der Waals surface area contributed by atoms with Crippen molar-refractivity contribution in [2.45, 2.75) is 70.5 Å². The molecule has 0 heterocycles. The van der Waals surface area contributed by atoms with Crippen LogP contribution in [0, 0.1) is 28.6 Å². The maximum atomic E-state index is 12.3. The van der Waals surface area contributed by atoms with Crippen LogP contribution in [0.5, 0.6) is 0 Å². The van der Waals surface area contributed by atoms with Gasteiger partial charge in [0.15, 0.2) is 0 Å². The van der Waals surface area contributed by atoms with Crippen LogP contribution >= 0.6 is 0 Å². The summed E-state index contributed by atoms with van der Waals surface area (Å²) in [5.74, 6) is 1.90. The van der Waals surface area contributed by atoms with Gasteiger partial charge in [-0.05, 0) is 80.0 Å². The molecule has 4 heteroatoms. The van der Waals surface area contributed by atoms with E-state index in [-0.39, 0.29) is 76.3 Å². The second kappa shape index (κ2) is 7.45. The maximum Gasteiger partial charge on any atom is 1.00 e. The maximum absolute atomic E-state index is 12.3. The Morgan fingerprint density at radius 3 is 2.71 bits per heavy atom. The average molecular weight is 405 g/mol. The van der Waals surface area contributed by atoms with E-state index >= 15 is 0 Å². The van der Waals surface area contributed by atoms with Crippen LogP contribution in [0.1, 0.15) is 58.3 Å². The Balaban J connectivity index is 0.00000169. The summed E-state index contributed by atoms with van der Waals surface area (Å²) in [6.45, 7) is 2.45. The third-order valence-corrected chi connectivity index (χ3v) is 8.26. The van der Waals surface area contributed by atoms with Crippen molar-refractivity contribution in [3.8, 4) is 0 Å². The minimum absolute atomic E-state index is 0. The first-order valence-electron chi connectivity index (χ1n) is 9.53. The van der Waals surface area contributed by atoms with Gasteiger partial charge in [-0.3, -0.25) is 0 Å². The Morgan fingerprint density at radius 1 is 1.21 bits per heavy atom. The van der Waals surface area contributed by atoms with E-state index in [1.807, 2.05) is 7.11 Å². The molecule has 3 saturated carbocycles. The summed E-state index contributed by atoms with van der Waals surface area (Å²) in [6.07, 6.45) is 10.9. The topological polar surface area (TPSA) is 52.5 Å². The van der Waals surface area contributed by atoms with Gasteiger partial charge >= 0.3 is 58.2 Å². The molecule has 0 aromatic rings. The van der Waals surface area contributed by atoms with Gasteiger partial charge in [0.2, 0.25) is 0 Å². The Labute approximate surface area is 195 Å². The molecule has 0 bridgehead atoms. The summed E-state index contributed by atoms with van der Waals surface area (Å²) in [7, 11) is 1.87. The summed E-state index contributed by atoms with van der Waals surface area (Å²) in [5.41, 5.74) is 1.46. The Kier molecular flexibility index (Phi) is 6.26. The molecule has 4 rings (SSSR count). The molecule has 4 aliphatic rings. The third-order valence-electron chi connectivity index (χ3n) is 8.26. The van der Waals surface area contributed by atoms with E-state index in [0.29, 0.717) is 29.3 Å². The second-order valence-electron chi connectivity index (χ2n) is 8.89. The molecule has 4 aliphatic carbocycles. The number of aliphatic hydroxyl groups excluding tert-OH is 1. The van der Waals surface area contributed by atoms with Crippen molar-refractivity contribution >= 4 is 0 Å². The number of hydrogen-bond donors (Lipinski definition) is 1. The average Bonchev–Trinajstić information content (AvgIpc) is 2.90. The van der Waals surface area contributed by atoms with Gasteiger partial charge in [-0.15, -0.1) is 6.61 Å². The normalized spacial score (nSPS) is 50.2. The summed E-state index contributed by atoms with van der Waals surface area (Å²) in [4.78, 5) is 0. The number of allylic oxidation sites excluding steroid dienone is 1. The van der Waals surface area contributed by atoms with E-state index < -0.39 is 0 Å². The smallest absolute Gasteiger partial charge is 0.854 e. The third kappa shape index (κ3) is 2.84. The summed E-state index contributed by atoms with van der Waals surface area (Å²) in [6, 6.07) is 0. The first-order valence-corrected chi connectivity index (χ1v) is 9.53. The quantitative estimate of drug-likeness (QED) is 0.641. The van der Waals surface area contributed by atoms with Gasteiger partial charge in [0.25, 0.3) is 0 Å². The molecule has 130 valence electrons. The van der Waals surface area contributed by atoms with Crippen LogP contribution < -0.4 is 63.3 Å². The number of fused-ring (bicyclic) bond motifs is 5. The van der Waals surface area contributed by atoms with E-state index in [2.05, 4.69) is 13.0 Å². The molecule has 0 aromatic carbocycles. The van der Waals surface area contributed by atoms with E-state index in [1.54, 1.807) is 0 Å². The van der Waals surface area contributed by atoms with Crippen molar-refractivity contribution in [1.82, 2.24) is 0 Å².